The Labute approximate surface area is 136 Å². The van der Waals surface area contributed by atoms with E-state index in [0.717, 1.165) is 25.7 Å². The van der Waals surface area contributed by atoms with E-state index in [1.54, 1.807) is 14.1 Å². The molecule has 2 saturated carbocycles. The molecular weight excluding hydrogens is 296 g/mol. The number of carbonyl (C=O) groups excluding carboxylic acids is 2. The molecule has 2 amide bonds. The van der Waals surface area contributed by atoms with Gasteiger partial charge in [0.25, 0.3) is 0 Å². The zero-order chi connectivity index (χ0) is 17.4. The van der Waals surface area contributed by atoms with Crippen LogP contribution in [0.1, 0.15) is 46.0 Å². The predicted molar refractivity (Wildman–Crippen MR) is 86.6 cm³/mol. The number of hydrogen-bond donors (Lipinski definition) is 4. The molecule has 0 aliphatic heterocycles. The van der Waals surface area contributed by atoms with E-state index in [-0.39, 0.29) is 17.3 Å². The Morgan fingerprint density at radius 2 is 1.17 bits per heavy atom. The van der Waals surface area contributed by atoms with Crippen LogP contribution in [0.3, 0.4) is 0 Å². The first-order valence-electron chi connectivity index (χ1n) is 7.82. The molecule has 0 aromatic carbocycles. The average Bonchev–Trinajstić information content (AvgIpc) is 3.37. The lowest BCUT2D eigenvalue weighted by molar-refractivity contribution is -0.132. The number of carbonyl (C=O) groups is 2. The van der Waals surface area contributed by atoms with Gasteiger partial charge in [0.15, 0.2) is 0 Å². The van der Waals surface area contributed by atoms with Gasteiger partial charge in [0.05, 0.1) is 0 Å². The molecule has 2 aliphatic carbocycles. The maximum atomic E-state index is 11.9. The third-order valence-electron chi connectivity index (χ3n) is 4.72. The molecule has 0 spiro atoms. The zero-order valence-corrected chi connectivity index (χ0v) is 14.2. The molecule has 0 bridgehead atoms. The standard InChI is InChI=1S/C15H26N6O2/c1-14(5-6-14)12(16)20(3)18-10(22)9-11(23)19-21(4)13(17)15(2)7-8-15/h16-17H,5-9H2,1-4H3,(H,18,22)(H,19,23). The number of amides is 2. The maximum Gasteiger partial charge on any atom is 0.248 e. The highest BCUT2D eigenvalue weighted by molar-refractivity contribution is 5.99. The molecule has 0 unspecified atom stereocenters. The van der Waals surface area contributed by atoms with Crippen LogP contribution in [0.2, 0.25) is 0 Å². The molecule has 2 aliphatic rings. The molecule has 8 nitrogen and oxygen atoms in total. The van der Waals surface area contributed by atoms with E-state index in [1.807, 2.05) is 13.8 Å². The van der Waals surface area contributed by atoms with Gasteiger partial charge in [-0.05, 0) is 25.7 Å². The van der Waals surface area contributed by atoms with E-state index in [1.165, 1.54) is 10.0 Å². The van der Waals surface area contributed by atoms with Crippen molar-refractivity contribution < 1.29 is 9.59 Å². The highest BCUT2D eigenvalue weighted by atomic mass is 16.2. The predicted octanol–water partition coefficient (Wildman–Crippen LogP) is 0.857. The molecule has 23 heavy (non-hydrogen) atoms. The highest BCUT2D eigenvalue weighted by Gasteiger charge is 2.44. The van der Waals surface area contributed by atoms with Gasteiger partial charge in [-0.15, -0.1) is 0 Å². The van der Waals surface area contributed by atoms with Crippen LogP contribution in [0.15, 0.2) is 0 Å². The lowest BCUT2D eigenvalue weighted by atomic mass is 10.1. The number of nitrogens with zero attached hydrogens (tertiary/aromatic N) is 2. The van der Waals surface area contributed by atoms with E-state index in [9.17, 15) is 9.59 Å². The fraction of sp³-hybridized carbons (Fsp3) is 0.733. The van der Waals surface area contributed by atoms with Gasteiger partial charge in [-0.2, -0.15) is 0 Å². The average molecular weight is 322 g/mol. The van der Waals surface area contributed by atoms with Crippen LogP contribution in [0.4, 0.5) is 0 Å². The normalized spacial score (nSPS) is 19.3. The molecule has 2 fully saturated rings. The summed E-state index contributed by atoms with van der Waals surface area (Å²) in [4.78, 5) is 23.8. The van der Waals surface area contributed by atoms with Gasteiger partial charge in [0.2, 0.25) is 11.8 Å². The van der Waals surface area contributed by atoms with Crippen molar-refractivity contribution in [3.63, 3.8) is 0 Å². The SMILES string of the molecule is CN(NC(=O)CC(=O)NN(C)C(=N)C1(C)CC1)C(=N)C1(C)CC1. The summed E-state index contributed by atoms with van der Waals surface area (Å²) in [5, 5.41) is 18.8. The Balaban J connectivity index is 1.75. The van der Waals surface area contributed by atoms with Crippen molar-refractivity contribution in [2.45, 2.75) is 46.0 Å². The summed E-state index contributed by atoms with van der Waals surface area (Å²) in [5.74, 6) is -0.244. The summed E-state index contributed by atoms with van der Waals surface area (Å²) in [6.07, 6.45) is 3.43. The third-order valence-corrected chi connectivity index (χ3v) is 4.72. The van der Waals surface area contributed by atoms with E-state index in [4.69, 9.17) is 10.8 Å². The molecule has 0 aromatic heterocycles. The van der Waals surface area contributed by atoms with E-state index in [0.29, 0.717) is 11.7 Å². The second-order valence-electron chi connectivity index (χ2n) is 7.18. The Kier molecular flexibility index (Phi) is 4.37. The van der Waals surface area contributed by atoms with Crippen molar-refractivity contribution in [1.29, 1.82) is 10.8 Å². The molecule has 0 radical (unpaired) electrons. The summed E-state index contributed by atoms with van der Waals surface area (Å²) in [5.41, 5.74) is 4.77. The fourth-order valence-corrected chi connectivity index (χ4v) is 2.37. The van der Waals surface area contributed by atoms with Crippen LogP contribution in [0.25, 0.3) is 0 Å². The van der Waals surface area contributed by atoms with Crippen LogP contribution >= 0.6 is 0 Å². The van der Waals surface area contributed by atoms with Crippen molar-refractivity contribution in [1.82, 2.24) is 20.9 Å². The molecule has 2 rings (SSSR count). The first-order chi connectivity index (χ1) is 10.6. The fourth-order valence-electron chi connectivity index (χ4n) is 2.37. The van der Waals surface area contributed by atoms with Gasteiger partial charge >= 0.3 is 0 Å². The molecule has 0 atom stereocenters. The topological polar surface area (TPSA) is 112 Å². The minimum Gasteiger partial charge on any atom is -0.287 e. The van der Waals surface area contributed by atoms with Gasteiger partial charge in [-0.3, -0.25) is 41.3 Å². The third kappa shape index (κ3) is 4.00. The number of nitrogens with one attached hydrogen (secondary N) is 4. The van der Waals surface area contributed by atoms with Crippen molar-refractivity contribution in [2.24, 2.45) is 10.8 Å². The van der Waals surface area contributed by atoms with Gasteiger partial charge in [0, 0.05) is 24.9 Å². The summed E-state index contributed by atoms with van der Waals surface area (Å²) in [6, 6.07) is 0. The first-order valence-corrected chi connectivity index (χ1v) is 7.82. The lowest BCUT2D eigenvalue weighted by Gasteiger charge is -2.26. The van der Waals surface area contributed by atoms with E-state index >= 15 is 0 Å². The Morgan fingerprint density at radius 1 is 0.870 bits per heavy atom. The van der Waals surface area contributed by atoms with Crippen LogP contribution in [0, 0.1) is 21.6 Å². The van der Waals surface area contributed by atoms with Crippen molar-refractivity contribution >= 4 is 23.5 Å². The molecule has 0 saturated heterocycles. The summed E-state index contributed by atoms with van der Waals surface area (Å²) in [7, 11) is 3.22. The second-order valence-corrected chi connectivity index (χ2v) is 7.18. The number of amidine groups is 2. The monoisotopic (exact) mass is 322 g/mol. The van der Waals surface area contributed by atoms with Crippen molar-refractivity contribution in [3.05, 3.63) is 0 Å². The molecule has 128 valence electrons. The van der Waals surface area contributed by atoms with Crippen LogP contribution < -0.4 is 10.9 Å². The number of rotatable bonds is 4. The summed E-state index contributed by atoms with van der Waals surface area (Å²) < 4.78 is 0. The Hall–Kier alpha value is -2.12. The largest absolute Gasteiger partial charge is 0.287 e. The number of hydrogen-bond acceptors (Lipinski definition) is 4. The molecule has 0 heterocycles. The van der Waals surface area contributed by atoms with Crippen molar-refractivity contribution in [2.75, 3.05) is 14.1 Å². The molecular formula is C15H26N6O2. The van der Waals surface area contributed by atoms with E-state index < -0.39 is 11.8 Å². The van der Waals surface area contributed by atoms with Crippen LogP contribution in [-0.4, -0.2) is 47.6 Å². The van der Waals surface area contributed by atoms with Crippen LogP contribution in [-0.2, 0) is 9.59 Å². The Morgan fingerprint density at radius 3 is 1.43 bits per heavy atom. The quantitative estimate of drug-likeness (QED) is 0.266. The van der Waals surface area contributed by atoms with Gasteiger partial charge in [0.1, 0.15) is 18.1 Å². The highest BCUT2D eigenvalue weighted by Crippen LogP contribution is 2.46. The van der Waals surface area contributed by atoms with Gasteiger partial charge in [-0.25, -0.2) is 0 Å². The molecule has 4 N–H and O–H groups in total. The Bertz CT molecular complexity index is 502. The van der Waals surface area contributed by atoms with E-state index in [2.05, 4.69) is 10.9 Å². The zero-order valence-electron chi connectivity index (χ0n) is 14.2. The summed E-state index contributed by atoms with van der Waals surface area (Å²) in [6.45, 7) is 3.95. The molecule has 8 heteroatoms. The lowest BCUT2D eigenvalue weighted by Crippen LogP contribution is -2.49. The van der Waals surface area contributed by atoms with Gasteiger partial charge in [-0.1, -0.05) is 13.8 Å². The van der Waals surface area contributed by atoms with Gasteiger partial charge < -0.3 is 0 Å². The number of hydrazine groups is 2. The minimum absolute atomic E-state index is 0.153. The van der Waals surface area contributed by atoms with Crippen molar-refractivity contribution in [3.8, 4) is 0 Å². The smallest absolute Gasteiger partial charge is 0.248 e. The second kappa shape index (κ2) is 5.82. The minimum atomic E-state index is -0.475. The molecule has 0 aromatic rings. The summed E-state index contributed by atoms with van der Waals surface area (Å²) >= 11 is 0. The first kappa shape index (κ1) is 17.2. The van der Waals surface area contributed by atoms with Crippen LogP contribution in [0.5, 0.6) is 0 Å². The maximum absolute atomic E-state index is 11.9.